The molecule has 1 atom stereocenters. The van der Waals surface area contributed by atoms with E-state index in [1.54, 1.807) is 20.8 Å². The number of rotatable bonds is 6. The molecule has 0 bridgehead atoms. The van der Waals surface area contributed by atoms with Crippen LogP contribution in [0.4, 0.5) is 4.79 Å². The highest BCUT2D eigenvalue weighted by molar-refractivity contribution is 5.90. The summed E-state index contributed by atoms with van der Waals surface area (Å²) in [5.41, 5.74) is -0.572. The zero-order chi connectivity index (χ0) is 17.5. The Bertz CT molecular complexity index is 464. The van der Waals surface area contributed by atoms with Crippen molar-refractivity contribution in [3.05, 3.63) is 12.2 Å². The molecular formula is C17H27NO5. The summed E-state index contributed by atoms with van der Waals surface area (Å²) in [6.45, 7) is 5.83. The average molecular weight is 325 g/mol. The van der Waals surface area contributed by atoms with Crippen LogP contribution in [0.15, 0.2) is 12.2 Å². The number of carbonyl (C=O) groups is 3. The first-order chi connectivity index (χ1) is 10.7. The maximum atomic E-state index is 12.1. The number of esters is 1. The molecule has 0 radical (unpaired) electrons. The summed E-state index contributed by atoms with van der Waals surface area (Å²) in [4.78, 5) is 36.6. The minimum absolute atomic E-state index is 0.0649. The van der Waals surface area contributed by atoms with Gasteiger partial charge in [0.15, 0.2) is 5.78 Å². The van der Waals surface area contributed by atoms with Crippen molar-refractivity contribution in [1.29, 1.82) is 0 Å². The molecule has 1 saturated heterocycles. The van der Waals surface area contributed by atoms with Gasteiger partial charge in [-0.1, -0.05) is 12.2 Å². The predicted molar refractivity (Wildman–Crippen MR) is 86.0 cm³/mol. The Hall–Kier alpha value is -1.85. The Labute approximate surface area is 137 Å². The van der Waals surface area contributed by atoms with E-state index in [0.29, 0.717) is 32.2 Å². The van der Waals surface area contributed by atoms with Gasteiger partial charge in [-0.3, -0.25) is 14.5 Å². The van der Waals surface area contributed by atoms with Crippen LogP contribution in [0.3, 0.4) is 0 Å². The molecule has 6 heteroatoms. The van der Waals surface area contributed by atoms with Gasteiger partial charge in [0.2, 0.25) is 0 Å². The molecule has 0 N–H and O–H groups in total. The second-order valence-corrected chi connectivity index (χ2v) is 6.58. The third kappa shape index (κ3) is 6.84. The molecule has 0 aromatic rings. The summed E-state index contributed by atoms with van der Waals surface area (Å²) in [6.07, 6.45) is 6.07. The number of hydrogen-bond donors (Lipinski definition) is 0. The lowest BCUT2D eigenvalue weighted by Gasteiger charge is -2.27. The van der Waals surface area contributed by atoms with Crippen molar-refractivity contribution < 1.29 is 23.9 Å². The van der Waals surface area contributed by atoms with Gasteiger partial charge in [0.1, 0.15) is 5.60 Å². The monoisotopic (exact) mass is 325 g/mol. The van der Waals surface area contributed by atoms with Crippen LogP contribution in [0.2, 0.25) is 0 Å². The van der Waals surface area contributed by atoms with E-state index >= 15 is 0 Å². The fourth-order valence-electron chi connectivity index (χ4n) is 2.33. The van der Waals surface area contributed by atoms with Crippen LogP contribution in [-0.4, -0.2) is 48.0 Å². The Morgan fingerprint density at radius 1 is 1.30 bits per heavy atom. The minimum atomic E-state index is -0.572. The molecule has 1 unspecified atom stereocenters. The molecular weight excluding hydrogens is 298 g/mol. The van der Waals surface area contributed by atoms with Gasteiger partial charge in [-0.25, -0.2) is 4.79 Å². The molecule has 1 rings (SSSR count). The Kier molecular flexibility index (Phi) is 7.26. The number of hydrogen-bond acceptors (Lipinski definition) is 5. The molecule has 1 amide bonds. The molecule has 1 heterocycles. The van der Waals surface area contributed by atoms with Gasteiger partial charge >= 0.3 is 12.1 Å². The lowest BCUT2D eigenvalue weighted by atomic mass is 10.1. The van der Waals surface area contributed by atoms with Crippen molar-refractivity contribution in [3.63, 3.8) is 0 Å². The Morgan fingerprint density at radius 3 is 2.61 bits per heavy atom. The van der Waals surface area contributed by atoms with E-state index in [-0.39, 0.29) is 11.8 Å². The first kappa shape index (κ1) is 19.2. The molecule has 130 valence electrons. The maximum Gasteiger partial charge on any atom is 0.410 e. The Morgan fingerprint density at radius 2 is 2.00 bits per heavy atom. The smallest absolute Gasteiger partial charge is 0.410 e. The number of likely N-dealkylation sites (tertiary alicyclic amines) is 1. The molecule has 0 saturated carbocycles. The third-order valence-electron chi connectivity index (χ3n) is 3.48. The SMILES string of the molecule is COC(=O)CCC/C=C\CC1C(=O)CCN1C(=O)OC(C)(C)C. The Balaban J connectivity index is 2.44. The highest BCUT2D eigenvalue weighted by Crippen LogP contribution is 2.21. The summed E-state index contributed by atoms with van der Waals surface area (Å²) in [5.74, 6) is -0.157. The second kappa shape index (κ2) is 8.70. The molecule has 1 fully saturated rings. The van der Waals surface area contributed by atoms with Crippen LogP contribution in [0.25, 0.3) is 0 Å². The number of carbonyl (C=O) groups excluding carboxylic acids is 3. The van der Waals surface area contributed by atoms with Crippen LogP contribution in [0.1, 0.15) is 52.9 Å². The van der Waals surface area contributed by atoms with E-state index < -0.39 is 17.7 Å². The zero-order valence-corrected chi connectivity index (χ0v) is 14.5. The summed E-state index contributed by atoms with van der Waals surface area (Å²) in [7, 11) is 1.37. The first-order valence-corrected chi connectivity index (χ1v) is 7.98. The van der Waals surface area contributed by atoms with Crippen LogP contribution in [0.5, 0.6) is 0 Å². The number of allylic oxidation sites excluding steroid dienone is 1. The number of Topliss-reactive ketones (excluding diaryl/α,β-unsaturated/α-hetero) is 1. The molecule has 1 aliphatic rings. The van der Waals surface area contributed by atoms with Gasteiger partial charge in [0, 0.05) is 19.4 Å². The van der Waals surface area contributed by atoms with Gasteiger partial charge in [-0.2, -0.15) is 0 Å². The molecule has 0 aromatic carbocycles. The average Bonchev–Trinajstić information content (AvgIpc) is 2.82. The molecule has 23 heavy (non-hydrogen) atoms. The molecule has 0 aromatic heterocycles. The topological polar surface area (TPSA) is 72.9 Å². The van der Waals surface area contributed by atoms with E-state index in [0.717, 1.165) is 6.42 Å². The number of ether oxygens (including phenoxy) is 2. The second-order valence-electron chi connectivity index (χ2n) is 6.58. The molecule has 0 aliphatic carbocycles. The minimum Gasteiger partial charge on any atom is -0.469 e. The van der Waals surface area contributed by atoms with Gasteiger partial charge in [0.25, 0.3) is 0 Å². The van der Waals surface area contributed by atoms with Crippen molar-refractivity contribution in [3.8, 4) is 0 Å². The predicted octanol–water partition coefficient (Wildman–Crippen LogP) is 2.85. The van der Waals surface area contributed by atoms with Crippen LogP contribution in [-0.2, 0) is 19.1 Å². The zero-order valence-electron chi connectivity index (χ0n) is 14.5. The van der Waals surface area contributed by atoms with E-state index in [9.17, 15) is 14.4 Å². The fourth-order valence-corrected chi connectivity index (χ4v) is 2.33. The normalized spacial score (nSPS) is 18.5. The van der Waals surface area contributed by atoms with Gasteiger partial charge in [-0.15, -0.1) is 0 Å². The van der Waals surface area contributed by atoms with Gasteiger partial charge in [0.05, 0.1) is 13.2 Å². The van der Waals surface area contributed by atoms with Crippen LogP contribution in [0, 0.1) is 0 Å². The van der Waals surface area contributed by atoms with Crippen molar-refractivity contribution >= 4 is 17.8 Å². The van der Waals surface area contributed by atoms with Gasteiger partial charge in [-0.05, 0) is 40.0 Å². The lowest BCUT2D eigenvalue weighted by Crippen LogP contribution is -2.41. The highest BCUT2D eigenvalue weighted by Gasteiger charge is 2.36. The van der Waals surface area contributed by atoms with Crippen molar-refractivity contribution in [2.24, 2.45) is 0 Å². The van der Waals surface area contributed by atoms with E-state index in [2.05, 4.69) is 4.74 Å². The third-order valence-corrected chi connectivity index (χ3v) is 3.48. The number of amides is 1. The number of nitrogens with zero attached hydrogens (tertiary/aromatic N) is 1. The largest absolute Gasteiger partial charge is 0.469 e. The van der Waals surface area contributed by atoms with E-state index in [1.165, 1.54) is 12.0 Å². The molecule has 6 nitrogen and oxygen atoms in total. The molecule has 0 spiro atoms. The van der Waals surface area contributed by atoms with Crippen molar-refractivity contribution in [2.75, 3.05) is 13.7 Å². The first-order valence-electron chi connectivity index (χ1n) is 7.98. The molecule has 1 aliphatic heterocycles. The van der Waals surface area contributed by atoms with E-state index in [1.807, 2.05) is 12.2 Å². The highest BCUT2D eigenvalue weighted by atomic mass is 16.6. The summed E-state index contributed by atoms with van der Waals surface area (Å²) in [5, 5.41) is 0. The summed E-state index contributed by atoms with van der Waals surface area (Å²) >= 11 is 0. The number of methoxy groups -OCH3 is 1. The van der Waals surface area contributed by atoms with Crippen molar-refractivity contribution in [1.82, 2.24) is 4.90 Å². The van der Waals surface area contributed by atoms with Gasteiger partial charge < -0.3 is 9.47 Å². The van der Waals surface area contributed by atoms with E-state index in [4.69, 9.17) is 4.74 Å². The standard InChI is InChI=1S/C17H27NO5/c1-17(2,3)23-16(21)18-12-11-14(19)13(18)9-7-5-6-8-10-15(20)22-4/h5,7,13H,6,8-12H2,1-4H3/b7-5-. The fraction of sp³-hybridized carbons (Fsp3) is 0.706. The lowest BCUT2D eigenvalue weighted by molar-refractivity contribution is -0.140. The quantitative estimate of drug-likeness (QED) is 0.426. The number of unbranched alkanes of at least 4 members (excludes halogenated alkanes) is 1. The summed E-state index contributed by atoms with van der Waals surface area (Å²) in [6, 6.07) is -0.443. The number of ketones is 1. The maximum absolute atomic E-state index is 12.1. The van der Waals surface area contributed by atoms with Crippen molar-refractivity contribution in [2.45, 2.75) is 64.5 Å². The summed E-state index contributed by atoms with van der Waals surface area (Å²) < 4.78 is 9.91. The van der Waals surface area contributed by atoms with Crippen LogP contribution < -0.4 is 0 Å². The van der Waals surface area contributed by atoms with Crippen LogP contribution >= 0.6 is 0 Å².